The number of ether oxygens (including phenoxy) is 1. The van der Waals surface area contributed by atoms with Gasteiger partial charge in [-0.15, -0.1) is 11.6 Å². The number of carbonyl (C=O) groups is 2. The number of piperidine rings is 1. The van der Waals surface area contributed by atoms with Gasteiger partial charge in [-0.25, -0.2) is 17.9 Å². The van der Waals surface area contributed by atoms with Crippen LogP contribution in [0.15, 0.2) is 53.4 Å². The molecule has 1 saturated heterocycles. The molecule has 220 valence electrons. The van der Waals surface area contributed by atoms with Gasteiger partial charge in [0.1, 0.15) is 11.5 Å². The molecule has 2 aliphatic heterocycles. The second kappa shape index (κ2) is 11.3. The smallest absolute Gasteiger partial charge is 0.410 e. The molecule has 1 aromatic heterocycles. The molecule has 2 N–H and O–H groups in total. The van der Waals surface area contributed by atoms with E-state index >= 15 is 0 Å². The van der Waals surface area contributed by atoms with Crippen LogP contribution in [0.1, 0.15) is 63.4 Å². The highest BCUT2D eigenvalue weighted by Gasteiger charge is 2.38. The number of nitrogens with zero attached hydrogens (tertiary/aromatic N) is 2. The molecule has 2 amide bonds. The summed E-state index contributed by atoms with van der Waals surface area (Å²) in [6.45, 7) is 8.30. The van der Waals surface area contributed by atoms with E-state index in [0.717, 1.165) is 27.7 Å². The number of fused-ring (bicyclic) bond motifs is 3. The van der Waals surface area contributed by atoms with Crippen LogP contribution in [-0.4, -0.2) is 71.9 Å². The average Bonchev–Trinajstić information content (AvgIpc) is 3.29. The van der Waals surface area contributed by atoms with Crippen molar-refractivity contribution in [1.29, 1.82) is 0 Å². The molecule has 0 saturated carbocycles. The SMILES string of the molecule is C[C@H]1Cc2c([nH]c3ccccc23)[C@@H](c2ccc(S(=O)(=O)NC3CCN(C(=O)OC(C)(C)C)CC3)cc2)N1C(=O)CCl. The van der Waals surface area contributed by atoms with Gasteiger partial charge in [0.25, 0.3) is 0 Å². The number of aromatic amines is 1. The van der Waals surface area contributed by atoms with Crippen LogP contribution in [0.25, 0.3) is 10.9 Å². The van der Waals surface area contributed by atoms with Crippen LogP contribution < -0.4 is 4.72 Å². The Morgan fingerprint density at radius 3 is 2.37 bits per heavy atom. The zero-order valence-corrected chi connectivity index (χ0v) is 25.4. The molecule has 0 bridgehead atoms. The molecule has 5 rings (SSSR count). The third kappa shape index (κ3) is 6.10. The van der Waals surface area contributed by atoms with Gasteiger partial charge in [0.05, 0.1) is 10.9 Å². The number of nitrogens with one attached hydrogen (secondary N) is 2. The molecule has 2 aliphatic rings. The summed E-state index contributed by atoms with van der Waals surface area (Å²) in [7, 11) is -3.79. The van der Waals surface area contributed by atoms with Crippen LogP contribution in [-0.2, 0) is 26.0 Å². The Bertz CT molecular complexity index is 1540. The zero-order valence-electron chi connectivity index (χ0n) is 23.8. The molecule has 1 fully saturated rings. The van der Waals surface area contributed by atoms with E-state index in [1.165, 1.54) is 0 Å². The van der Waals surface area contributed by atoms with Crippen molar-refractivity contribution in [2.45, 2.75) is 75.6 Å². The van der Waals surface area contributed by atoms with Gasteiger partial charge in [-0.3, -0.25) is 4.79 Å². The minimum Gasteiger partial charge on any atom is -0.444 e. The molecule has 11 heteroatoms. The largest absolute Gasteiger partial charge is 0.444 e. The quantitative estimate of drug-likeness (QED) is 0.403. The van der Waals surface area contributed by atoms with Gasteiger partial charge in [0.15, 0.2) is 0 Å². The highest BCUT2D eigenvalue weighted by atomic mass is 35.5. The molecule has 3 heterocycles. The van der Waals surface area contributed by atoms with Gasteiger partial charge in [-0.1, -0.05) is 30.3 Å². The van der Waals surface area contributed by atoms with E-state index in [4.69, 9.17) is 16.3 Å². The van der Waals surface area contributed by atoms with E-state index in [2.05, 4.69) is 15.8 Å². The van der Waals surface area contributed by atoms with E-state index in [9.17, 15) is 18.0 Å². The second-order valence-electron chi connectivity index (χ2n) is 11.9. The summed E-state index contributed by atoms with van der Waals surface area (Å²) in [4.78, 5) is 32.4. The molecular formula is C30H37ClN4O5S. The zero-order chi connectivity index (χ0) is 29.5. The van der Waals surface area contributed by atoms with Crippen molar-refractivity contribution >= 4 is 44.5 Å². The first-order chi connectivity index (χ1) is 19.4. The molecule has 41 heavy (non-hydrogen) atoms. The lowest BCUT2D eigenvalue weighted by Gasteiger charge is -2.40. The summed E-state index contributed by atoms with van der Waals surface area (Å²) in [5, 5.41) is 1.12. The van der Waals surface area contributed by atoms with E-state index < -0.39 is 21.7 Å². The lowest BCUT2D eigenvalue weighted by Crippen LogP contribution is -2.47. The molecular weight excluding hydrogens is 564 g/mol. The number of rotatable bonds is 5. The van der Waals surface area contributed by atoms with E-state index in [0.29, 0.717) is 32.4 Å². The molecule has 2 atom stereocenters. The predicted molar refractivity (Wildman–Crippen MR) is 158 cm³/mol. The molecule has 3 aromatic rings. The Balaban J connectivity index is 1.35. The average molecular weight is 601 g/mol. The highest BCUT2D eigenvalue weighted by Crippen LogP contribution is 2.41. The number of benzene rings is 2. The van der Waals surface area contributed by atoms with E-state index in [1.54, 1.807) is 34.1 Å². The maximum Gasteiger partial charge on any atom is 0.410 e. The van der Waals surface area contributed by atoms with Crippen molar-refractivity contribution in [3.8, 4) is 0 Å². The van der Waals surface area contributed by atoms with Gasteiger partial charge in [-0.05, 0) is 76.3 Å². The first kappa shape index (κ1) is 29.4. The lowest BCUT2D eigenvalue weighted by molar-refractivity contribution is -0.133. The maximum atomic E-state index is 13.3. The molecule has 9 nitrogen and oxygen atoms in total. The summed E-state index contributed by atoms with van der Waals surface area (Å²) < 4.78 is 34.8. The fourth-order valence-corrected chi connectivity index (χ4v) is 7.31. The monoisotopic (exact) mass is 600 g/mol. The van der Waals surface area contributed by atoms with E-state index in [-0.39, 0.29) is 34.9 Å². The van der Waals surface area contributed by atoms with Crippen LogP contribution in [0.4, 0.5) is 4.79 Å². The third-order valence-electron chi connectivity index (χ3n) is 7.75. The van der Waals surface area contributed by atoms with Gasteiger partial charge in [0, 0.05) is 41.8 Å². The predicted octanol–water partition coefficient (Wildman–Crippen LogP) is 4.95. The number of hydrogen-bond acceptors (Lipinski definition) is 5. The first-order valence-electron chi connectivity index (χ1n) is 13.9. The number of alkyl halides is 1. The van der Waals surface area contributed by atoms with Crippen LogP contribution in [0, 0.1) is 0 Å². The van der Waals surface area contributed by atoms with Crippen molar-refractivity contribution in [2.75, 3.05) is 19.0 Å². The van der Waals surface area contributed by atoms with Crippen molar-refractivity contribution in [3.63, 3.8) is 0 Å². The normalized spacial score (nSPS) is 20.2. The fraction of sp³-hybridized carbons (Fsp3) is 0.467. The fourth-order valence-electron chi connectivity index (χ4n) is 5.87. The van der Waals surface area contributed by atoms with Crippen molar-refractivity contribution in [1.82, 2.24) is 19.5 Å². The Kier molecular flexibility index (Phi) is 8.11. The molecule has 0 aliphatic carbocycles. The van der Waals surface area contributed by atoms with Gasteiger partial charge >= 0.3 is 6.09 Å². The number of hydrogen-bond donors (Lipinski definition) is 2. The molecule has 0 radical (unpaired) electrons. The number of amides is 2. The second-order valence-corrected chi connectivity index (χ2v) is 13.9. The first-order valence-corrected chi connectivity index (χ1v) is 16.0. The van der Waals surface area contributed by atoms with Gasteiger partial charge in [-0.2, -0.15) is 0 Å². The number of aromatic nitrogens is 1. The number of carbonyl (C=O) groups excluding carboxylic acids is 2. The van der Waals surface area contributed by atoms with Crippen molar-refractivity contribution in [2.24, 2.45) is 0 Å². The van der Waals surface area contributed by atoms with E-state index in [1.807, 2.05) is 45.9 Å². The Morgan fingerprint density at radius 1 is 1.07 bits per heavy atom. The third-order valence-corrected chi connectivity index (χ3v) is 9.51. The van der Waals surface area contributed by atoms with Crippen LogP contribution in [0.2, 0.25) is 0 Å². The number of H-pyrrole nitrogens is 1. The summed E-state index contributed by atoms with van der Waals surface area (Å²) in [6, 6.07) is 14.0. The standard InChI is InChI=1S/C30H37ClN4O5S/c1-19-17-24-23-7-5-6-8-25(23)32-27(24)28(35(19)26(36)18-31)20-9-11-22(12-10-20)41(38,39)33-21-13-15-34(16-14-21)29(37)40-30(2,3)4/h5-12,19,21,28,32-33H,13-18H2,1-4H3/t19-,28+/m0/s1. The molecule has 0 spiro atoms. The number of halogens is 1. The van der Waals surface area contributed by atoms with Crippen molar-refractivity contribution in [3.05, 3.63) is 65.4 Å². The minimum atomic E-state index is -3.79. The topological polar surface area (TPSA) is 112 Å². The maximum absolute atomic E-state index is 13.3. The number of para-hydroxylation sites is 1. The lowest BCUT2D eigenvalue weighted by atomic mass is 9.88. The summed E-state index contributed by atoms with van der Waals surface area (Å²) >= 11 is 6.02. The Labute approximate surface area is 246 Å². The van der Waals surface area contributed by atoms with Gasteiger partial charge in [0.2, 0.25) is 15.9 Å². The summed E-state index contributed by atoms with van der Waals surface area (Å²) in [6.07, 6.45) is 1.30. The minimum absolute atomic E-state index is 0.0884. The Morgan fingerprint density at radius 2 is 1.73 bits per heavy atom. The summed E-state index contributed by atoms with van der Waals surface area (Å²) in [5.74, 6) is -0.316. The van der Waals surface area contributed by atoms with Crippen molar-refractivity contribution < 1.29 is 22.7 Å². The Hall–Kier alpha value is -3.08. The number of sulfonamides is 1. The molecule has 2 aromatic carbocycles. The van der Waals surface area contributed by atoms with Crippen LogP contribution in [0.3, 0.4) is 0 Å². The highest BCUT2D eigenvalue weighted by molar-refractivity contribution is 7.89. The van der Waals surface area contributed by atoms with Crippen LogP contribution >= 0.6 is 11.6 Å². The number of likely N-dealkylation sites (tertiary alicyclic amines) is 1. The van der Waals surface area contributed by atoms with Crippen LogP contribution in [0.5, 0.6) is 0 Å². The molecule has 0 unspecified atom stereocenters. The van der Waals surface area contributed by atoms with Gasteiger partial charge < -0.3 is 19.5 Å². The summed E-state index contributed by atoms with van der Waals surface area (Å²) in [5.41, 5.74) is 3.30.